The normalized spacial score (nSPS) is 11.9. The number of benzene rings is 13. The van der Waals surface area contributed by atoms with E-state index in [1.807, 2.05) is 0 Å². The largest absolute Gasteiger partial charge is 0.311 e. The van der Waals surface area contributed by atoms with Crippen molar-refractivity contribution in [3.63, 3.8) is 0 Å². The van der Waals surface area contributed by atoms with Crippen LogP contribution >= 0.6 is 0 Å². The van der Waals surface area contributed by atoms with Crippen LogP contribution in [0.15, 0.2) is 340 Å². The van der Waals surface area contributed by atoms with E-state index in [0.29, 0.717) is 0 Å². The van der Waals surface area contributed by atoms with Crippen molar-refractivity contribution >= 4 is 94.8 Å². The van der Waals surface area contributed by atoms with Crippen LogP contribution in [-0.4, -0.2) is 14.5 Å². The lowest BCUT2D eigenvalue weighted by Gasteiger charge is -2.33. The molecule has 0 atom stereocenters. The number of hydrogen-bond acceptors (Lipinski definition) is 5. The number of anilines is 9. The highest BCUT2D eigenvalue weighted by Gasteiger charge is 2.26. The van der Waals surface area contributed by atoms with Crippen LogP contribution in [0.25, 0.3) is 94.1 Å². The minimum absolute atomic E-state index is 0.820. The number of nitrogens with zero attached hydrogens (tertiary/aromatic N) is 6. The van der Waals surface area contributed by atoms with Gasteiger partial charge in [0.05, 0.1) is 33.5 Å². The summed E-state index contributed by atoms with van der Waals surface area (Å²) in [6.45, 7) is 0. The van der Waals surface area contributed by atoms with Crippen LogP contribution in [0.3, 0.4) is 0 Å². The first kappa shape index (κ1) is 53.1. The zero-order valence-corrected chi connectivity index (χ0v) is 49.7. The van der Waals surface area contributed by atoms with E-state index in [1.54, 1.807) is 0 Å². The maximum absolute atomic E-state index is 5.86. The van der Waals surface area contributed by atoms with Gasteiger partial charge < -0.3 is 19.3 Å². The van der Waals surface area contributed by atoms with Gasteiger partial charge in [0.2, 0.25) is 0 Å². The molecule has 1 aliphatic heterocycles. The first-order valence-electron chi connectivity index (χ1n) is 31.1. The Morgan fingerprint density at radius 2 is 0.626 bits per heavy atom. The number of para-hydroxylation sites is 8. The molecule has 16 aromatic rings. The first-order chi connectivity index (χ1) is 45.1. The number of fused-ring (bicyclic) bond motifs is 8. The molecule has 0 aliphatic carbocycles. The van der Waals surface area contributed by atoms with Gasteiger partial charge in [-0.3, -0.25) is 0 Å². The maximum atomic E-state index is 5.86. The van der Waals surface area contributed by atoms with Crippen molar-refractivity contribution in [2.24, 2.45) is 0 Å². The molecule has 0 unspecified atom stereocenters. The van der Waals surface area contributed by atoms with Crippen LogP contribution in [0.5, 0.6) is 0 Å². The van der Waals surface area contributed by atoms with Crippen LogP contribution in [0.1, 0.15) is 11.1 Å². The average Bonchev–Trinajstić information content (AvgIpc) is 1.85. The second-order valence-corrected chi connectivity index (χ2v) is 23.3. The zero-order valence-electron chi connectivity index (χ0n) is 49.7. The Kier molecular flexibility index (Phi) is 13.2. The van der Waals surface area contributed by atoms with E-state index < -0.39 is 0 Å². The van der Waals surface area contributed by atoms with Gasteiger partial charge >= 0.3 is 0 Å². The van der Waals surface area contributed by atoms with Crippen molar-refractivity contribution in [3.05, 3.63) is 351 Å². The second-order valence-electron chi connectivity index (χ2n) is 23.3. The molecular weight excluding hydrogens is 1100 g/mol. The highest BCUT2D eigenvalue weighted by Crippen LogP contribution is 2.47. The quantitative estimate of drug-likeness (QED) is 0.114. The van der Waals surface area contributed by atoms with Crippen molar-refractivity contribution in [3.8, 4) is 50.5 Å². The predicted molar refractivity (Wildman–Crippen MR) is 380 cm³/mol. The molecular formula is C85H58N6. The Bertz CT molecular complexity index is 5200. The van der Waals surface area contributed by atoms with Crippen LogP contribution < -0.4 is 14.7 Å². The molecule has 0 amide bonds. The van der Waals surface area contributed by atoms with Gasteiger partial charge in [-0.1, -0.05) is 206 Å². The predicted octanol–water partition coefficient (Wildman–Crippen LogP) is 22.9. The van der Waals surface area contributed by atoms with Crippen molar-refractivity contribution in [1.29, 1.82) is 0 Å². The molecule has 428 valence electrons. The molecule has 13 aromatic carbocycles. The van der Waals surface area contributed by atoms with Gasteiger partial charge in [-0.2, -0.15) is 0 Å². The molecule has 91 heavy (non-hydrogen) atoms. The van der Waals surface area contributed by atoms with Crippen molar-refractivity contribution < 1.29 is 0 Å². The smallest absolute Gasteiger partial charge is 0.0978 e. The van der Waals surface area contributed by atoms with Crippen molar-refractivity contribution in [2.45, 2.75) is 6.42 Å². The Labute approximate surface area is 528 Å². The van der Waals surface area contributed by atoms with E-state index in [2.05, 4.69) is 359 Å². The summed E-state index contributed by atoms with van der Waals surface area (Å²) in [6, 6.07) is 122. The maximum Gasteiger partial charge on any atom is 0.0978 e. The molecule has 0 saturated carbocycles. The Morgan fingerprint density at radius 1 is 0.264 bits per heavy atom. The van der Waals surface area contributed by atoms with Crippen LogP contribution in [0.2, 0.25) is 0 Å². The van der Waals surface area contributed by atoms with Crippen LogP contribution in [0.4, 0.5) is 51.2 Å². The lowest BCUT2D eigenvalue weighted by Crippen LogP contribution is -2.18. The number of aromatic nitrogens is 3. The van der Waals surface area contributed by atoms with Gasteiger partial charge in [0, 0.05) is 96.0 Å². The third-order valence-corrected chi connectivity index (χ3v) is 17.9. The molecule has 0 saturated heterocycles. The first-order valence-corrected chi connectivity index (χ1v) is 31.1. The van der Waals surface area contributed by atoms with Crippen molar-refractivity contribution in [1.82, 2.24) is 14.5 Å². The van der Waals surface area contributed by atoms with Gasteiger partial charge in [0.25, 0.3) is 0 Å². The van der Waals surface area contributed by atoms with Crippen LogP contribution in [0, 0.1) is 0 Å². The van der Waals surface area contributed by atoms with Gasteiger partial charge in [0.1, 0.15) is 0 Å². The third-order valence-electron chi connectivity index (χ3n) is 17.9. The molecule has 6 heteroatoms. The molecule has 0 bridgehead atoms. The summed E-state index contributed by atoms with van der Waals surface area (Å²) in [5, 5.41) is 4.45. The minimum atomic E-state index is 0.820. The summed E-state index contributed by atoms with van der Waals surface area (Å²) < 4.78 is 2.38. The van der Waals surface area contributed by atoms with Crippen LogP contribution in [-0.2, 0) is 6.42 Å². The lowest BCUT2D eigenvalue weighted by molar-refractivity contribution is 1.09. The van der Waals surface area contributed by atoms with Gasteiger partial charge in [-0.15, -0.1) is 0 Å². The Hall–Kier alpha value is -12.1. The summed E-state index contributed by atoms with van der Waals surface area (Å²) in [5.74, 6) is 0. The standard InChI is InChI=1S/C85H58N6/c1-5-27-64(28-6-1)88(65-29-7-2-8-30-65)68-47-43-58(44-48-68)76-56-78(60-25-21-35-70(54-60)90-80-39-17-13-23-62(80)53-63-24-14-18-40-81(63)90)86-84-74(76)51-52-75-77(59-45-49-69(50-46-59)89(66-31-9-3-10-32-66)67-33-11-4-12-34-67)57-79(87-85(75)84)61-26-22-36-71(55-61)91-82-41-19-15-37-72(82)73-38-16-20-42-83(73)91/h1-52,54-57H,53H2. The summed E-state index contributed by atoms with van der Waals surface area (Å²) in [4.78, 5) is 18.7. The molecule has 0 spiro atoms. The summed E-state index contributed by atoms with van der Waals surface area (Å²) in [5.41, 5.74) is 25.4. The summed E-state index contributed by atoms with van der Waals surface area (Å²) >= 11 is 0. The minimum Gasteiger partial charge on any atom is -0.311 e. The molecule has 0 fully saturated rings. The number of hydrogen-bond donors (Lipinski definition) is 0. The Balaban J connectivity index is 0.892. The van der Waals surface area contributed by atoms with Crippen molar-refractivity contribution in [2.75, 3.05) is 14.7 Å². The summed E-state index contributed by atoms with van der Waals surface area (Å²) in [6.07, 6.45) is 0.879. The SMILES string of the molecule is c1ccc(N(c2ccccc2)c2ccc(-c3cc(-c4cccc(N5c6ccccc6Cc6ccccc65)c4)nc4c3ccc3c(-c5ccc(N(c6ccccc6)c6ccccc6)cc5)cc(-c5cccc(-n6c7ccccc7c7ccccc76)c5)nc34)cc2)cc1. The summed E-state index contributed by atoms with van der Waals surface area (Å²) in [7, 11) is 0. The van der Waals surface area contributed by atoms with Gasteiger partial charge in [0.15, 0.2) is 0 Å². The molecule has 17 rings (SSSR count). The van der Waals surface area contributed by atoms with Gasteiger partial charge in [-0.25, -0.2) is 9.97 Å². The fourth-order valence-electron chi connectivity index (χ4n) is 13.7. The van der Waals surface area contributed by atoms with E-state index in [0.717, 1.165) is 130 Å². The molecule has 6 nitrogen and oxygen atoms in total. The van der Waals surface area contributed by atoms with E-state index in [-0.39, 0.29) is 0 Å². The molecule has 1 aliphatic rings. The Morgan fingerprint density at radius 3 is 1.07 bits per heavy atom. The zero-order chi connectivity index (χ0) is 60.2. The lowest BCUT2D eigenvalue weighted by atomic mass is 9.93. The fraction of sp³-hybridized carbons (Fsp3) is 0.0118. The van der Waals surface area contributed by atoms with Gasteiger partial charge in [-0.05, 0) is 167 Å². The number of rotatable bonds is 12. The average molecular weight is 1160 g/mol. The van der Waals surface area contributed by atoms with E-state index >= 15 is 0 Å². The fourth-order valence-corrected chi connectivity index (χ4v) is 13.7. The van der Waals surface area contributed by atoms with E-state index in [9.17, 15) is 0 Å². The highest BCUT2D eigenvalue weighted by molar-refractivity contribution is 6.14. The molecule has 0 N–H and O–H groups in total. The highest BCUT2D eigenvalue weighted by atomic mass is 15.2. The third kappa shape index (κ3) is 9.53. The molecule has 3 aromatic heterocycles. The monoisotopic (exact) mass is 1160 g/mol. The topological polar surface area (TPSA) is 40.4 Å². The molecule has 4 heterocycles. The second kappa shape index (κ2) is 22.5. The van der Waals surface area contributed by atoms with E-state index in [1.165, 1.54) is 33.3 Å². The number of pyridine rings is 2. The van der Waals surface area contributed by atoms with E-state index in [4.69, 9.17) is 9.97 Å². The molecule has 0 radical (unpaired) electrons.